The molecule has 3 aromatic carbocycles. The summed E-state index contributed by atoms with van der Waals surface area (Å²) in [5, 5.41) is 28.8. The van der Waals surface area contributed by atoms with Crippen LogP contribution in [-0.2, 0) is 0 Å². The van der Waals surface area contributed by atoms with Crippen LogP contribution >= 0.6 is 0 Å². The van der Waals surface area contributed by atoms with Crippen molar-refractivity contribution in [2.45, 2.75) is 12.5 Å². The molecule has 1 aliphatic rings. The molecule has 31 heavy (non-hydrogen) atoms. The number of hydrazone groups is 1. The fourth-order valence-corrected chi connectivity index (χ4v) is 3.49. The quantitative estimate of drug-likeness (QED) is 0.390. The van der Waals surface area contributed by atoms with Gasteiger partial charge in [-0.3, -0.25) is 25.2 Å². The average molecular weight is 414 g/mol. The van der Waals surface area contributed by atoms with E-state index in [1.54, 1.807) is 30.3 Å². The number of hydrogen-bond donors (Lipinski definition) is 0. The summed E-state index contributed by atoms with van der Waals surface area (Å²) in [5.74, 6) is 0. The van der Waals surface area contributed by atoms with Crippen LogP contribution in [0.3, 0.4) is 0 Å². The molecule has 0 aliphatic carbocycles. The molecule has 0 radical (unpaired) electrons. The molecule has 1 heterocycles. The smallest absolute Gasteiger partial charge is 0.258 e. The van der Waals surface area contributed by atoms with Crippen LogP contribution in [0.2, 0.25) is 0 Å². The monoisotopic (exact) mass is 414 g/mol. The molecule has 0 fully saturated rings. The normalized spacial score (nSPS) is 15.8. The molecule has 4 rings (SSSR count). The molecule has 8 nitrogen and oxygen atoms in total. The highest BCUT2D eigenvalue weighted by molar-refractivity contribution is 6.01. The van der Waals surface area contributed by atoms with Gasteiger partial charge >= 0.3 is 0 Å². The molecule has 0 N–H and O–H groups in total. The van der Waals surface area contributed by atoms with Gasteiger partial charge in [-0.1, -0.05) is 48.5 Å². The first-order chi connectivity index (χ1) is 15.0. The fraction of sp³-hybridized carbons (Fsp3) is 0.0870. The second-order valence-corrected chi connectivity index (χ2v) is 7.03. The first-order valence-electron chi connectivity index (χ1n) is 9.60. The van der Waals surface area contributed by atoms with Crippen LogP contribution in [0, 0.1) is 20.2 Å². The molecule has 0 unspecified atom stereocenters. The Balaban J connectivity index is 1.65. The summed E-state index contributed by atoms with van der Waals surface area (Å²) in [6.07, 6.45) is 4.15. The first-order valence-corrected chi connectivity index (χ1v) is 9.60. The Morgan fingerprint density at radius 3 is 2.23 bits per heavy atom. The van der Waals surface area contributed by atoms with E-state index in [2.05, 4.69) is 0 Å². The third-order valence-electron chi connectivity index (χ3n) is 4.97. The zero-order chi connectivity index (χ0) is 21.8. The van der Waals surface area contributed by atoms with E-state index >= 15 is 0 Å². The maximum Gasteiger partial charge on any atom is 0.270 e. The predicted molar refractivity (Wildman–Crippen MR) is 119 cm³/mol. The van der Waals surface area contributed by atoms with Gasteiger partial charge in [-0.15, -0.1) is 0 Å². The van der Waals surface area contributed by atoms with Crippen molar-refractivity contribution in [3.63, 3.8) is 0 Å². The van der Waals surface area contributed by atoms with E-state index < -0.39 is 9.85 Å². The summed E-state index contributed by atoms with van der Waals surface area (Å²) in [4.78, 5) is 21.4. The van der Waals surface area contributed by atoms with Crippen LogP contribution in [0.5, 0.6) is 0 Å². The molecular formula is C23H18N4O4. The summed E-state index contributed by atoms with van der Waals surface area (Å²) in [7, 11) is 0. The molecule has 1 atom stereocenters. The van der Waals surface area contributed by atoms with E-state index in [4.69, 9.17) is 5.10 Å². The Kier molecular flexibility index (Phi) is 5.53. The topological polar surface area (TPSA) is 102 Å². The maximum atomic E-state index is 11.2. The zero-order valence-electron chi connectivity index (χ0n) is 16.4. The highest BCUT2D eigenvalue weighted by Crippen LogP contribution is 2.36. The number of rotatable bonds is 6. The summed E-state index contributed by atoms with van der Waals surface area (Å²) in [6.45, 7) is 0. The molecule has 0 amide bonds. The van der Waals surface area contributed by atoms with Crippen LogP contribution < -0.4 is 5.01 Å². The van der Waals surface area contributed by atoms with Gasteiger partial charge in [0.1, 0.15) is 0 Å². The molecule has 0 spiro atoms. The number of benzene rings is 3. The second kappa shape index (κ2) is 8.58. The fourth-order valence-electron chi connectivity index (χ4n) is 3.49. The van der Waals surface area contributed by atoms with E-state index in [1.807, 2.05) is 47.5 Å². The Morgan fingerprint density at radius 2 is 1.52 bits per heavy atom. The van der Waals surface area contributed by atoms with Crippen molar-refractivity contribution in [2.24, 2.45) is 5.10 Å². The van der Waals surface area contributed by atoms with E-state index in [0.717, 1.165) is 17.0 Å². The van der Waals surface area contributed by atoms with Gasteiger partial charge in [0.05, 0.1) is 27.3 Å². The lowest BCUT2D eigenvalue weighted by molar-refractivity contribution is -0.385. The molecule has 0 saturated heterocycles. The predicted octanol–water partition coefficient (Wildman–Crippen LogP) is 5.52. The lowest BCUT2D eigenvalue weighted by atomic mass is 10.0. The van der Waals surface area contributed by atoms with Crippen molar-refractivity contribution in [2.75, 3.05) is 5.01 Å². The van der Waals surface area contributed by atoms with Gasteiger partial charge in [-0.05, 0) is 29.3 Å². The molecular weight excluding hydrogens is 396 g/mol. The number of nitro benzene ring substituents is 2. The number of non-ortho nitro benzene ring substituents is 2. The first kappa shape index (κ1) is 20.0. The van der Waals surface area contributed by atoms with Crippen molar-refractivity contribution in [3.05, 3.63) is 116 Å². The Hall–Kier alpha value is -4.33. The van der Waals surface area contributed by atoms with Crippen molar-refractivity contribution in [1.29, 1.82) is 0 Å². The molecule has 0 saturated carbocycles. The Morgan fingerprint density at radius 1 is 0.839 bits per heavy atom. The number of nitrogens with zero attached hydrogens (tertiary/aromatic N) is 4. The summed E-state index contributed by atoms with van der Waals surface area (Å²) >= 11 is 0. The molecule has 3 aromatic rings. The summed E-state index contributed by atoms with van der Waals surface area (Å²) < 4.78 is 0. The van der Waals surface area contributed by atoms with Gasteiger partial charge in [0.25, 0.3) is 11.4 Å². The van der Waals surface area contributed by atoms with Gasteiger partial charge in [0, 0.05) is 30.7 Å². The van der Waals surface area contributed by atoms with Gasteiger partial charge in [0.15, 0.2) is 0 Å². The second-order valence-electron chi connectivity index (χ2n) is 7.03. The third-order valence-corrected chi connectivity index (χ3v) is 4.97. The number of allylic oxidation sites excluding steroid dienone is 1. The van der Waals surface area contributed by atoms with Crippen molar-refractivity contribution in [3.8, 4) is 0 Å². The Bertz CT molecular complexity index is 1190. The van der Waals surface area contributed by atoms with E-state index in [9.17, 15) is 20.2 Å². The van der Waals surface area contributed by atoms with E-state index in [-0.39, 0.29) is 17.4 Å². The maximum absolute atomic E-state index is 11.2. The number of hydrogen-bond acceptors (Lipinski definition) is 6. The van der Waals surface area contributed by atoms with Crippen molar-refractivity contribution < 1.29 is 9.85 Å². The molecule has 0 bridgehead atoms. The van der Waals surface area contributed by atoms with Crippen LogP contribution in [-0.4, -0.2) is 15.6 Å². The minimum absolute atomic E-state index is 0.0240. The highest BCUT2D eigenvalue weighted by atomic mass is 16.6. The minimum atomic E-state index is -0.431. The van der Waals surface area contributed by atoms with Crippen LogP contribution in [0.4, 0.5) is 17.1 Å². The van der Waals surface area contributed by atoms with Crippen LogP contribution in [0.25, 0.3) is 6.08 Å². The largest absolute Gasteiger partial charge is 0.270 e. The van der Waals surface area contributed by atoms with Gasteiger partial charge in [-0.25, -0.2) is 0 Å². The third kappa shape index (κ3) is 4.48. The zero-order valence-corrected chi connectivity index (χ0v) is 16.4. The standard InChI is InChI=1S/C23H18N4O4/c28-26(29)21-10-4-6-17(14-21)12-13-19-16-23(18-7-5-11-22(15-18)27(30)31)25(24-19)20-8-2-1-3-9-20/h1-15,23H,16H2/b13-12+/t23-/m1/s1. The van der Waals surface area contributed by atoms with Crippen molar-refractivity contribution in [1.82, 2.24) is 0 Å². The van der Waals surface area contributed by atoms with Gasteiger partial charge in [0.2, 0.25) is 0 Å². The molecule has 0 aromatic heterocycles. The number of anilines is 1. The molecule has 1 aliphatic heterocycles. The highest BCUT2D eigenvalue weighted by Gasteiger charge is 2.29. The summed E-state index contributed by atoms with van der Waals surface area (Å²) in [6, 6.07) is 22.3. The molecule has 8 heteroatoms. The van der Waals surface area contributed by atoms with E-state index in [1.165, 1.54) is 18.2 Å². The van der Waals surface area contributed by atoms with Gasteiger partial charge in [-0.2, -0.15) is 5.10 Å². The SMILES string of the molecule is O=[N+]([O-])c1cccc(/C=C/C2=NN(c3ccccc3)[C@@H](c3cccc([N+](=O)[O-])c3)C2)c1. The lowest BCUT2D eigenvalue weighted by Gasteiger charge is -2.23. The van der Waals surface area contributed by atoms with Crippen LogP contribution in [0.15, 0.2) is 90.0 Å². The summed E-state index contributed by atoms with van der Waals surface area (Å²) in [5.41, 5.74) is 3.19. The number of nitro groups is 2. The Labute approximate surface area is 178 Å². The lowest BCUT2D eigenvalue weighted by Crippen LogP contribution is -2.18. The van der Waals surface area contributed by atoms with Crippen LogP contribution in [0.1, 0.15) is 23.6 Å². The number of para-hydroxylation sites is 1. The van der Waals surface area contributed by atoms with E-state index in [0.29, 0.717) is 12.0 Å². The average Bonchev–Trinajstić information content (AvgIpc) is 3.23. The van der Waals surface area contributed by atoms with Crippen molar-refractivity contribution >= 4 is 28.8 Å². The van der Waals surface area contributed by atoms with Gasteiger partial charge < -0.3 is 0 Å². The minimum Gasteiger partial charge on any atom is -0.258 e. The molecule has 154 valence electrons.